The molecule has 5 heteroatoms. The number of furan rings is 1. The van der Waals surface area contributed by atoms with Gasteiger partial charge < -0.3 is 9.52 Å². The van der Waals surface area contributed by atoms with Crippen LogP contribution >= 0.6 is 0 Å². The normalized spacial score (nSPS) is 12.8. The van der Waals surface area contributed by atoms with Gasteiger partial charge in [0, 0.05) is 12.6 Å². The van der Waals surface area contributed by atoms with Gasteiger partial charge in [-0.1, -0.05) is 0 Å². The smallest absolute Gasteiger partial charge is 0.126 e. The number of hydrogen-bond acceptors (Lipinski definition) is 3. The van der Waals surface area contributed by atoms with E-state index in [9.17, 15) is 13.9 Å². The van der Waals surface area contributed by atoms with Gasteiger partial charge in [-0.25, -0.2) is 8.78 Å². The van der Waals surface area contributed by atoms with Gasteiger partial charge in [0.15, 0.2) is 0 Å². The van der Waals surface area contributed by atoms with Gasteiger partial charge in [0.05, 0.1) is 18.9 Å². The van der Waals surface area contributed by atoms with Crippen LogP contribution in [0.15, 0.2) is 41.0 Å². The Bertz CT molecular complexity index is 523. The summed E-state index contributed by atoms with van der Waals surface area (Å²) in [5, 5.41) is 9.96. The fourth-order valence-electron chi connectivity index (χ4n) is 2.02. The van der Waals surface area contributed by atoms with E-state index in [4.69, 9.17) is 4.42 Å². The van der Waals surface area contributed by atoms with Crippen molar-refractivity contribution >= 4 is 0 Å². The molecule has 2 rings (SSSR count). The zero-order valence-corrected chi connectivity index (χ0v) is 11.2. The van der Waals surface area contributed by atoms with E-state index in [1.807, 2.05) is 24.1 Å². The monoisotopic (exact) mass is 281 g/mol. The highest BCUT2D eigenvalue weighted by Gasteiger charge is 2.12. The average molecular weight is 281 g/mol. The predicted molar refractivity (Wildman–Crippen MR) is 71.0 cm³/mol. The first-order valence-electron chi connectivity index (χ1n) is 6.39. The van der Waals surface area contributed by atoms with Gasteiger partial charge in [-0.2, -0.15) is 0 Å². The minimum Gasteiger partial charge on any atom is -0.468 e. The van der Waals surface area contributed by atoms with Gasteiger partial charge in [0.2, 0.25) is 0 Å². The lowest BCUT2D eigenvalue weighted by Gasteiger charge is -2.18. The molecule has 0 aliphatic carbocycles. The van der Waals surface area contributed by atoms with Crippen molar-refractivity contribution in [3.63, 3.8) is 0 Å². The summed E-state index contributed by atoms with van der Waals surface area (Å²) < 4.78 is 31.4. The van der Waals surface area contributed by atoms with Crippen LogP contribution < -0.4 is 0 Å². The standard InChI is InChI=1S/C15H17F2NO2/c1-18(10-14-3-2-6-20-14)5-4-15(19)11-7-12(16)9-13(17)8-11/h2-3,6-9,15,19H,4-5,10H2,1H3. The third kappa shape index (κ3) is 4.15. The Kier molecular flexibility index (Phi) is 4.87. The second-order valence-corrected chi connectivity index (χ2v) is 4.82. The largest absolute Gasteiger partial charge is 0.468 e. The molecule has 1 atom stereocenters. The zero-order valence-electron chi connectivity index (χ0n) is 11.2. The molecule has 0 fully saturated rings. The van der Waals surface area contributed by atoms with E-state index in [1.165, 1.54) is 0 Å². The topological polar surface area (TPSA) is 36.6 Å². The molecule has 1 aromatic carbocycles. The van der Waals surface area contributed by atoms with Crippen molar-refractivity contribution < 1.29 is 18.3 Å². The van der Waals surface area contributed by atoms with Gasteiger partial charge in [0.1, 0.15) is 17.4 Å². The molecule has 0 aliphatic rings. The maximum atomic E-state index is 13.1. The third-order valence-corrected chi connectivity index (χ3v) is 3.06. The van der Waals surface area contributed by atoms with E-state index in [-0.39, 0.29) is 5.56 Å². The van der Waals surface area contributed by atoms with Crippen LogP contribution in [-0.2, 0) is 6.54 Å². The molecule has 20 heavy (non-hydrogen) atoms. The molecular weight excluding hydrogens is 264 g/mol. The SMILES string of the molecule is CN(CCC(O)c1cc(F)cc(F)c1)Cc1ccco1. The Morgan fingerprint density at radius 3 is 2.55 bits per heavy atom. The van der Waals surface area contributed by atoms with Crippen LogP contribution in [-0.4, -0.2) is 23.6 Å². The summed E-state index contributed by atoms with van der Waals surface area (Å²) in [5.41, 5.74) is 0.258. The minimum atomic E-state index is -0.890. The molecule has 0 radical (unpaired) electrons. The van der Waals surface area contributed by atoms with Crippen molar-refractivity contribution in [2.24, 2.45) is 0 Å². The second-order valence-electron chi connectivity index (χ2n) is 4.82. The number of benzene rings is 1. The molecule has 108 valence electrons. The highest BCUT2D eigenvalue weighted by molar-refractivity contribution is 5.20. The average Bonchev–Trinajstić information content (AvgIpc) is 2.87. The number of rotatable bonds is 6. The molecular formula is C15H17F2NO2. The summed E-state index contributed by atoms with van der Waals surface area (Å²) in [6.07, 6.45) is 1.10. The molecule has 1 N–H and O–H groups in total. The molecule has 2 aromatic rings. The Balaban J connectivity index is 1.86. The molecule has 0 amide bonds. The van der Waals surface area contributed by atoms with Crippen LogP contribution in [0.3, 0.4) is 0 Å². The zero-order chi connectivity index (χ0) is 14.5. The first kappa shape index (κ1) is 14.7. The maximum absolute atomic E-state index is 13.1. The van der Waals surface area contributed by atoms with E-state index < -0.39 is 17.7 Å². The summed E-state index contributed by atoms with van der Waals surface area (Å²) in [7, 11) is 1.89. The molecule has 0 saturated carbocycles. The molecule has 1 heterocycles. The fraction of sp³-hybridized carbons (Fsp3) is 0.333. The summed E-state index contributed by atoms with van der Waals surface area (Å²) in [5.74, 6) is -0.523. The molecule has 1 unspecified atom stereocenters. The van der Waals surface area contributed by atoms with Gasteiger partial charge >= 0.3 is 0 Å². The van der Waals surface area contributed by atoms with Gasteiger partial charge in [-0.15, -0.1) is 0 Å². The van der Waals surface area contributed by atoms with E-state index in [0.29, 0.717) is 19.5 Å². The van der Waals surface area contributed by atoms with Crippen molar-refractivity contribution in [3.8, 4) is 0 Å². The first-order chi connectivity index (χ1) is 9.54. The lowest BCUT2D eigenvalue weighted by molar-refractivity contribution is 0.145. The Morgan fingerprint density at radius 1 is 1.25 bits per heavy atom. The minimum absolute atomic E-state index is 0.258. The molecule has 0 aliphatic heterocycles. The van der Waals surface area contributed by atoms with Crippen molar-refractivity contribution in [2.45, 2.75) is 19.1 Å². The van der Waals surface area contributed by atoms with Gasteiger partial charge in [-0.05, 0) is 43.3 Å². The molecule has 0 saturated heterocycles. The number of halogens is 2. The Hall–Kier alpha value is -1.72. The van der Waals surface area contributed by atoms with Crippen LogP contribution in [0.25, 0.3) is 0 Å². The maximum Gasteiger partial charge on any atom is 0.126 e. The van der Waals surface area contributed by atoms with Crippen molar-refractivity contribution in [3.05, 3.63) is 59.6 Å². The van der Waals surface area contributed by atoms with Gasteiger partial charge in [0.25, 0.3) is 0 Å². The lowest BCUT2D eigenvalue weighted by Crippen LogP contribution is -2.20. The van der Waals surface area contributed by atoms with Crippen LogP contribution in [0.5, 0.6) is 0 Å². The highest BCUT2D eigenvalue weighted by atomic mass is 19.1. The number of nitrogens with zero attached hydrogens (tertiary/aromatic N) is 1. The third-order valence-electron chi connectivity index (χ3n) is 3.06. The van der Waals surface area contributed by atoms with Gasteiger partial charge in [-0.3, -0.25) is 4.90 Å². The van der Waals surface area contributed by atoms with Crippen LogP contribution in [0, 0.1) is 11.6 Å². The van der Waals surface area contributed by atoms with E-state index in [2.05, 4.69) is 0 Å². The van der Waals surface area contributed by atoms with Crippen LogP contribution in [0.2, 0.25) is 0 Å². The number of aliphatic hydroxyl groups is 1. The predicted octanol–water partition coefficient (Wildman–Crippen LogP) is 3.11. The van der Waals surface area contributed by atoms with E-state index >= 15 is 0 Å². The van der Waals surface area contributed by atoms with Crippen LogP contribution in [0.4, 0.5) is 8.78 Å². The Morgan fingerprint density at radius 2 is 1.95 bits per heavy atom. The lowest BCUT2D eigenvalue weighted by atomic mass is 10.1. The van der Waals surface area contributed by atoms with Crippen molar-refractivity contribution in [1.82, 2.24) is 4.90 Å². The summed E-state index contributed by atoms with van der Waals surface area (Å²) in [6.45, 7) is 1.21. The molecule has 3 nitrogen and oxygen atoms in total. The van der Waals surface area contributed by atoms with Crippen molar-refractivity contribution in [1.29, 1.82) is 0 Å². The van der Waals surface area contributed by atoms with E-state index in [0.717, 1.165) is 24.0 Å². The Labute approximate surface area is 116 Å². The number of aliphatic hydroxyl groups excluding tert-OH is 1. The molecule has 0 spiro atoms. The highest BCUT2D eigenvalue weighted by Crippen LogP contribution is 2.19. The fourth-order valence-corrected chi connectivity index (χ4v) is 2.02. The van der Waals surface area contributed by atoms with Crippen molar-refractivity contribution in [2.75, 3.05) is 13.6 Å². The van der Waals surface area contributed by atoms with Crippen LogP contribution in [0.1, 0.15) is 23.8 Å². The first-order valence-corrected chi connectivity index (χ1v) is 6.39. The number of hydrogen-bond donors (Lipinski definition) is 1. The van der Waals surface area contributed by atoms with E-state index in [1.54, 1.807) is 6.26 Å². The quantitative estimate of drug-likeness (QED) is 0.884. The summed E-state index contributed by atoms with van der Waals surface area (Å²) >= 11 is 0. The second kappa shape index (κ2) is 6.63. The molecule has 0 bridgehead atoms. The summed E-state index contributed by atoms with van der Waals surface area (Å²) in [4.78, 5) is 1.97. The molecule has 1 aromatic heterocycles. The summed E-state index contributed by atoms with van der Waals surface area (Å²) in [6, 6.07) is 6.78.